The van der Waals surface area contributed by atoms with E-state index in [9.17, 15) is 14.4 Å². The van der Waals surface area contributed by atoms with Crippen molar-refractivity contribution in [1.29, 1.82) is 0 Å². The highest BCUT2D eigenvalue weighted by Crippen LogP contribution is 2.33. The van der Waals surface area contributed by atoms with E-state index in [0.29, 0.717) is 37.5 Å². The van der Waals surface area contributed by atoms with Crippen LogP contribution < -0.4 is 5.32 Å². The van der Waals surface area contributed by atoms with Crippen LogP contribution in [0.1, 0.15) is 48.0 Å². The number of aryl methyl sites for hydroxylation is 1. The topological polar surface area (TPSA) is 97.4 Å². The summed E-state index contributed by atoms with van der Waals surface area (Å²) in [5, 5.41) is 2.87. The summed E-state index contributed by atoms with van der Waals surface area (Å²) < 4.78 is 15.4. The molecule has 2 heterocycles. The summed E-state index contributed by atoms with van der Waals surface area (Å²) >= 11 is 1.47. The molecule has 1 aliphatic rings. The molecule has 0 aliphatic carbocycles. The third-order valence-corrected chi connectivity index (χ3v) is 7.07. The fourth-order valence-electron chi connectivity index (χ4n) is 3.95. The number of likely N-dealkylation sites (tertiary alicyclic amines) is 1. The average molecular weight is 532 g/mol. The van der Waals surface area contributed by atoms with Crippen LogP contribution in [0, 0.1) is 6.92 Å². The van der Waals surface area contributed by atoms with E-state index in [2.05, 4.69) is 5.32 Å². The number of hydrogen-bond donors (Lipinski definition) is 1. The molecule has 2 aromatic rings. The summed E-state index contributed by atoms with van der Waals surface area (Å²) in [6.45, 7) is 9.45. The largest absolute Gasteiger partial charge is 0.447 e. The van der Waals surface area contributed by atoms with E-state index in [-0.39, 0.29) is 18.6 Å². The molecule has 1 aromatic heterocycles. The van der Waals surface area contributed by atoms with Gasteiger partial charge in [-0.3, -0.25) is 4.79 Å². The number of amides is 3. The van der Waals surface area contributed by atoms with Crippen molar-refractivity contribution in [1.82, 2.24) is 15.1 Å². The SMILES string of the molecule is COCCOC(=O)N(C)Cc1ccc(-c2cc(C)c(C(=O)N3CC[C@H](NC(=O)OC(C)(C)C)C3)s2)cc1. The lowest BCUT2D eigenvalue weighted by atomic mass is 10.1. The van der Waals surface area contributed by atoms with Crippen molar-refractivity contribution in [2.45, 2.75) is 52.3 Å². The van der Waals surface area contributed by atoms with Gasteiger partial charge < -0.3 is 29.3 Å². The Balaban J connectivity index is 1.58. The van der Waals surface area contributed by atoms with Crippen LogP contribution in [0.15, 0.2) is 30.3 Å². The molecule has 1 saturated heterocycles. The summed E-state index contributed by atoms with van der Waals surface area (Å²) in [5.74, 6) is -0.0209. The molecule has 202 valence electrons. The lowest BCUT2D eigenvalue weighted by molar-refractivity contribution is 0.0502. The maximum Gasteiger partial charge on any atom is 0.409 e. The molecule has 1 aromatic carbocycles. The number of carbonyl (C=O) groups is 3. The number of nitrogens with one attached hydrogen (secondary N) is 1. The minimum atomic E-state index is -0.563. The monoisotopic (exact) mass is 531 g/mol. The molecular formula is C27H37N3O6S. The van der Waals surface area contributed by atoms with Gasteiger partial charge in [-0.2, -0.15) is 0 Å². The number of benzene rings is 1. The van der Waals surface area contributed by atoms with Crippen LogP contribution in [-0.4, -0.2) is 80.0 Å². The van der Waals surface area contributed by atoms with Gasteiger partial charge in [0, 0.05) is 38.7 Å². The predicted molar refractivity (Wildman–Crippen MR) is 143 cm³/mol. The fourth-order valence-corrected chi connectivity index (χ4v) is 5.10. The highest BCUT2D eigenvalue weighted by Gasteiger charge is 2.30. The van der Waals surface area contributed by atoms with Gasteiger partial charge in [-0.05, 0) is 56.9 Å². The van der Waals surface area contributed by atoms with Crippen molar-refractivity contribution in [2.24, 2.45) is 0 Å². The van der Waals surface area contributed by atoms with E-state index in [0.717, 1.165) is 21.6 Å². The molecule has 1 aliphatic heterocycles. The molecule has 1 fully saturated rings. The summed E-state index contributed by atoms with van der Waals surface area (Å²) in [6.07, 6.45) is -0.166. The minimum Gasteiger partial charge on any atom is -0.447 e. The number of nitrogens with zero attached hydrogens (tertiary/aromatic N) is 2. The zero-order valence-corrected chi connectivity index (χ0v) is 23.3. The summed E-state index contributed by atoms with van der Waals surface area (Å²) in [7, 11) is 3.25. The third-order valence-electron chi connectivity index (χ3n) is 5.79. The van der Waals surface area contributed by atoms with Crippen molar-refractivity contribution in [2.75, 3.05) is 40.5 Å². The Labute approximate surface area is 222 Å². The molecule has 1 N–H and O–H groups in total. The summed E-state index contributed by atoms with van der Waals surface area (Å²) in [5.41, 5.74) is 2.34. The Morgan fingerprint density at radius 3 is 2.51 bits per heavy atom. The predicted octanol–water partition coefficient (Wildman–Crippen LogP) is 4.68. The standard InChI is InChI=1S/C27H37N3O6S/c1-18-15-22(20-9-7-19(8-10-20)16-29(5)26(33)35-14-13-34-6)37-23(18)24(31)30-12-11-21(17-30)28-25(32)36-27(2,3)4/h7-10,15,21H,11-14,16-17H2,1-6H3,(H,28,32)/t21-/m0/s1. The van der Waals surface area contributed by atoms with Crippen molar-refractivity contribution in [3.8, 4) is 10.4 Å². The Bertz CT molecular complexity index is 1090. The van der Waals surface area contributed by atoms with Crippen molar-refractivity contribution >= 4 is 29.4 Å². The molecule has 10 heteroatoms. The maximum absolute atomic E-state index is 13.2. The molecule has 0 bridgehead atoms. The second kappa shape index (κ2) is 12.4. The Morgan fingerprint density at radius 1 is 1.16 bits per heavy atom. The van der Waals surface area contributed by atoms with Crippen LogP contribution in [0.2, 0.25) is 0 Å². The first-order valence-corrected chi connectivity index (χ1v) is 13.1. The zero-order chi connectivity index (χ0) is 27.2. The zero-order valence-electron chi connectivity index (χ0n) is 22.5. The van der Waals surface area contributed by atoms with Crippen molar-refractivity contribution < 1.29 is 28.6 Å². The Hall–Kier alpha value is -3.11. The van der Waals surface area contributed by atoms with Gasteiger partial charge >= 0.3 is 12.2 Å². The average Bonchev–Trinajstić information content (AvgIpc) is 3.44. The van der Waals surface area contributed by atoms with Crippen LogP contribution in [0.25, 0.3) is 10.4 Å². The maximum atomic E-state index is 13.2. The summed E-state index contributed by atoms with van der Waals surface area (Å²) in [4.78, 5) is 42.4. The van der Waals surface area contributed by atoms with E-state index in [4.69, 9.17) is 14.2 Å². The highest BCUT2D eigenvalue weighted by atomic mass is 32.1. The van der Waals surface area contributed by atoms with Crippen molar-refractivity contribution in [3.05, 3.63) is 46.3 Å². The van der Waals surface area contributed by atoms with Gasteiger partial charge in [-0.25, -0.2) is 9.59 Å². The van der Waals surface area contributed by atoms with Gasteiger partial charge in [0.1, 0.15) is 12.2 Å². The molecule has 0 unspecified atom stereocenters. The number of hydrogen-bond acceptors (Lipinski definition) is 7. The quantitative estimate of drug-likeness (QED) is 0.497. The minimum absolute atomic E-state index is 0.0209. The van der Waals surface area contributed by atoms with E-state index < -0.39 is 17.8 Å². The van der Waals surface area contributed by atoms with E-state index >= 15 is 0 Å². The first kappa shape index (κ1) is 28.5. The highest BCUT2D eigenvalue weighted by molar-refractivity contribution is 7.17. The van der Waals surface area contributed by atoms with Crippen LogP contribution >= 0.6 is 11.3 Å². The second-order valence-corrected chi connectivity index (χ2v) is 11.2. The Kier molecular flexibility index (Phi) is 9.56. The number of alkyl carbamates (subject to hydrolysis) is 1. The number of methoxy groups -OCH3 is 1. The smallest absolute Gasteiger partial charge is 0.409 e. The second-order valence-electron chi connectivity index (χ2n) is 10.2. The fraction of sp³-hybridized carbons (Fsp3) is 0.519. The van der Waals surface area contributed by atoms with E-state index in [1.165, 1.54) is 16.2 Å². The lowest BCUT2D eigenvalue weighted by Crippen LogP contribution is -2.41. The van der Waals surface area contributed by atoms with Gasteiger partial charge in [0.25, 0.3) is 5.91 Å². The number of ether oxygens (including phenoxy) is 3. The Morgan fingerprint density at radius 2 is 1.86 bits per heavy atom. The van der Waals surface area contributed by atoms with Crippen LogP contribution in [-0.2, 0) is 20.8 Å². The van der Waals surface area contributed by atoms with Crippen molar-refractivity contribution in [3.63, 3.8) is 0 Å². The molecule has 3 rings (SSSR count). The molecule has 1 atom stereocenters. The van der Waals surface area contributed by atoms with Crippen LogP contribution in [0.4, 0.5) is 9.59 Å². The third kappa shape index (κ3) is 8.19. The number of rotatable bonds is 8. The molecule has 0 spiro atoms. The molecule has 37 heavy (non-hydrogen) atoms. The first-order chi connectivity index (χ1) is 17.5. The number of thiophene rings is 1. The van der Waals surface area contributed by atoms with Crippen LogP contribution in [0.3, 0.4) is 0 Å². The van der Waals surface area contributed by atoms with Gasteiger partial charge in [0.05, 0.1) is 17.5 Å². The van der Waals surface area contributed by atoms with Gasteiger partial charge in [-0.1, -0.05) is 24.3 Å². The van der Waals surface area contributed by atoms with Gasteiger partial charge in [0.2, 0.25) is 0 Å². The molecule has 3 amide bonds. The summed E-state index contributed by atoms with van der Waals surface area (Å²) in [6, 6.07) is 9.84. The van der Waals surface area contributed by atoms with E-state index in [1.807, 2.05) is 58.0 Å². The normalized spacial score (nSPS) is 15.4. The first-order valence-electron chi connectivity index (χ1n) is 12.3. The van der Waals surface area contributed by atoms with Gasteiger partial charge in [0.15, 0.2) is 0 Å². The molecule has 9 nitrogen and oxygen atoms in total. The molecule has 0 radical (unpaired) electrons. The van der Waals surface area contributed by atoms with E-state index in [1.54, 1.807) is 19.1 Å². The van der Waals surface area contributed by atoms with Crippen LogP contribution in [0.5, 0.6) is 0 Å². The molecular weight excluding hydrogens is 494 g/mol. The lowest BCUT2D eigenvalue weighted by Gasteiger charge is -2.22. The number of carbonyl (C=O) groups excluding carboxylic acids is 3. The van der Waals surface area contributed by atoms with Gasteiger partial charge in [-0.15, -0.1) is 11.3 Å². The molecule has 0 saturated carbocycles.